The highest BCUT2D eigenvalue weighted by molar-refractivity contribution is 8.00. The van der Waals surface area contributed by atoms with Crippen molar-refractivity contribution in [3.8, 4) is 11.3 Å². The molecule has 3 rings (SSSR count). The van der Waals surface area contributed by atoms with Crippen LogP contribution in [0.15, 0.2) is 41.6 Å². The molecule has 148 valence electrons. The van der Waals surface area contributed by atoms with Gasteiger partial charge in [0, 0.05) is 25.8 Å². The van der Waals surface area contributed by atoms with Crippen LogP contribution in [-0.4, -0.2) is 46.0 Å². The number of thioether (sulfide) groups is 1. The molecule has 6 nitrogen and oxygen atoms in total. The lowest BCUT2D eigenvalue weighted by Gasteiger charge is -2.11. The van der Waals surface area contributed by atoms with E-state index in [1.54, 1.807) is 7.11 Å². The van der Waals surface area contributed by atoms with Crippen LogP contribution in [0.5, 0.6) is 0 Å². The highest BCUT2D eigenvalue weighted by Gasteiger charge is 2.21. The van der Waals surface area contributed by atoms with Crippen LogP contribution in [-0.2, 0) is 9.53 Å². The number of hydrogen-bond acceptors (Lipinski definition) is 5. The molecule has 0 aliphatic rings. The van der Waals surface area contributed by atoms with Gasteiger partial charge in [0.15, 0.2) is 5.16 Å². The maximum absolute atomic E-state index is 12.4. The zero-order chi connectivity index (χ0) is 20.1. The number of aryl methyl sites for hydroxylation is 2. The van der Waals surface area contributed by atoms with Gasteiger partial charge in [-0.25, -0.2) is 9.50 Å². The van der Waals surface area contributed by atoms with Crippen LogP contribution in [0.2, 0.25) is 0 Å². The van der Waals surface area contributed by atoms with Crippen molar-refractivity contribution in [1.82, 2.24) is 19.9 Å². The lowest BCUT2D eigenvalue weighted by molar-refractivity contribution is -0.120. The first-order valence-electron chi connectivity index (χ1n) is 9.37. The standard InChI is InChI=1S/C21H26N4O2S/c1-14-13-15(2)24-25-19(14)18(17-9-6-5-7-10-17)23-21(25)28-16(3)20(26)22-11-8-12-27-4/h5-7,9-10,13,16H,8,11-12H2,1-4H3,(H,22,26). The van der Waals surface area contributed by atoms with Gasteiger partial charge in [-0.1, -0.05) is 42.1 Å². The number of amides is 1. The molecule has 7 heteroatoms. The molecule has 2 aromatic heterocycles. The second kappa shape index (κ2) is 9.21. The van der Waals surface area contributed by atoms with E-state index in [-0.39, 0.29) is 11.2 Å². The summed E-state index contributed by atoms with van der Waals surface area (Å²) in [5, 5.41) is 8.06. The molecule has 3 aromatic rings. The smallest absolute Gasteiger partial charge is 0.233 e. The molecule has 0 spiro atoms. The summed E-state index contributed by atoms with van der Waals surface area (Å²) >= 11 is 1.42. The van der Waals surface area contributed by atoms with Gasteiger partial charge in [0.05, 0.1) is 22.2 Å². The second-order valence-electron chi connectivity index (χ2n) is 6.74. The van der Waals surface area contributed by atoms with Crippen LogP contribution < -0.4 is 5.32 Å². The molecule has 1 N–H and O–H groups in total. The molecule has 0 saturated carbocycles. The van der Waals surface area contributed by atoms with Crippen molar-refractivity contribution in [1.29, 1.82) is 0 Å². The summed E-state index contributed by atoms with van der Waals surface area (Å²) in [6, 6.07) is 12.1. The van der Waals surface area contributed by atoms with Crippen LogP contribution in [0.4, 0.5) is 0 Å². The Kier molecular flexibility index (Phi) is 6.70. The lowest BCUT2D eigenvalue weighted by atomic mass is 10.1. The molecule has 0 bridgehead atoms. The zero-order valence-corrected chi connectivity index (χ0v) is 17.5. The third-order valence-corrected chi connectivity index (χ3v) is 5.45. The Morgan fingerprint density at radius 1 is 1.29 bits per heavy atom. The van der Waals surface area contributed by atoms with Gasteiger partial charge in [-0.15, -0.1) is 0 Å². The van der Waals surface area contributed by atoms with E-state index in [0.29, 0.717) is 13.2 Å². The van der Waals surface area contributed by atoms with Crippen LogP contribution >= 0.6 is 11.8 Å². The minimum absolute atomic E-state index is 0.0107. The van der Waals surface area contributed by atoms with Crippen LogP contribution in [0.3, 0.4) is 0 Å². The summed E-state index contributed by atoms with van der Waals surface area (Å²) in [4.78, 5) is 17.3. The van der Waals surface area contributed by atoms with Gasteiger partial charge < -0.3 is 10.1 Å². The number of methoxy groups -OCH3 is 1. The maximum atomic E-state index is 12.4. The van der Waals surface area contributed by atoms with Crippen molar-refractivity contribution in [2.45, 2.75) is 37.6 Å². The summed E-state index contributed by atoms with van der Waals surface area (Å²) in [6.45, 7) is 7.16. The minimum atomic E-state index is -0.278. The maximum Gasteiger partial charge on any atom is 0.233 e. The van der Waals surface area contributed by atoms with E-state index in [0.717, 1.165) is 39.6 Å². The molecule has 0 radical (unpaired) electrons. The molecular weight excluding hydrogens is 372 g/mol. The normalized spacial score (nSPS) is 12.3. The van der Waals surface area contributed by atoms with Gasteiger partial charge >= 0.3 is 0 Å². The molecule has 0 aliphatic heterocycles. The van der Waals surface area contributed by atoms with Crippen molar-refractivity contribution >= 4 is 23.2 Å². The number of rotatable bonds is 8. The SMILES string of the molecule is COCCCNC(=O)C(C)Sc1nc(-c2ccccc2)c2c(C)cc(C)nn12. The van der Waals surface area contributed by atoms with Crippen molar-refractivity contribution in [3.63, 3.8) is 0 Å². The Labute approximate surface area is 169 Å². The van der Waals surface area contributed by atoms with E-state index < -0.39 is 0 Å². The quantitative estimate of drug-likeness (QED) is 0.463. The van der Waals surface area contributed by atoms with Gasteiger partial charge in [-0.2, -0.15) is 5.10 Å². The number of hydrogen-bond donors (Lipinski definition) is 1. The number of nitrogens with one attached hydrogen (secondary N) is 1. The largest absolute Gasteiger partial charge is 0.385 e. The number of ether oxygens (including phenoxy) is 1. The van der Waals surface area contributed by atoms with Gasteiger partial charge in [0.2, 0.25) is 5.91 Å². The van der Waals surface area contributed by atoms with Crippen LogP contribution in [0.25, 0.3) is 16.8 Å². The van der Waals surface area contributed by atoms with Gasteiger partial charge in [0.1, 0.15) is 0 Å². The van der Waals surface area contributed by atoms with Crippen LogP contribution in [0, 0.1) is 13.8 Å². The predicted molar refractivity (Wildman–Crippen MR) is 113 cm³/mol. The fraction of sp³-hybridized carbons (Fsp3) is 0.381. The average molecular weight is 399 g/mol. The summed E-state index contributed by atoms with van der Waals surface area (Å²) in [5.41, 5.74) is 4.94. The van der Waals surface area contributed by atoms with Gasteiger partial charge in [-0.3, -0.25) is 4.79 Å². The fourth-order valence-electron chi connectivity index (χ4n) is 3.06. The van der Waals surface area contributed by atoms with Crippen molar-refractivity contribution in [2.24, 2.45) is 0 Å². The summed E-state index contributed by atoms with van der Waals surface area (Å²) in [5.74, 6) is -0.0107. The summed E-state index contributed by atoms with van der Waals surface area (Å²) in [7, 11) is 1.66. The summed E-state index contributed by atoms with van der Waals surface area (Å²) < 4.78 is 6.88. The van der Waals surface area contributed by atoms with E-state index in [2.05, 4.69) is 23.4 Å². The first-order chi connectivity index (χ1) is 13.5. The number of nitrogens with zero attached hydrogens (tertiary/aromatic N) is 3. The number of aromatic nitrogens is 3. The lowest BCUT2D eigenvalue weighted by Crippen LogP contribution is -2.32. The topological polar surface area (TPSA) is 68.5 Å². The van der Waals surface area contributed by atoms with E-state index in [1.807, 2.05) is 48.7 Å². The minimum Gasteiger partial charge on any atom is -0.385 e. The molecule has 1 amide bonds. The first-order valence-corrected chi connectivity index (χ1v) is 10.2. The Morgan fingerprint density at radius 2 is 2.04 bits per heavy atom. The predicted octanol–water partition coefficient (Wildman–Crippen LogP) is 3.65. The van der Waals surface area contributed by atoms with E-state index in [4.69, 9.17) is 9.72 Å². The monoisotopic (exact) mass is 398 g/mol. The van der Waals surface area contributed by atoms with Crippen molar-refractivity contribution < 1.29 is 9.53 Å². The highest BCUT2D eigenvalue weighted by atomic mass is 32.2. The molecule has 1 aromatic carbocycles. The summed E-state index contributed by atoms with van der Waals surface area (Å²) in [6.07, 6.45) is 0.796. The molecule has 0 aliphatic carbocycles. The molecule has 2 heterocycles. The van der Waals surface area contributed by atoms with Crippen molar-refractivity contribution in [2.75, 3.05) is 20.3 Å². The number of fused-ring (bicyclic) bond motifs is 1. The van der Waals surface area contributed by atoms with Crippen molar-refractivity contribution in [3.05, 3.63) is 47.7 Å². The zero-order valence-electron chi connectivity index (χ0n) is 16.7. The number of carbonyl (C=O) groups is 1. The Balaban J connectivity index is 1.90. The third-order valence-electron chi connectivity index (χ3n) is 4.40. The van der Waals surface area contributed by atoms with E-state index in [9.17, 15) is 4.79 Å². The van der Waals surface area contributed by atoms with Gasteiger partial charge in [0.25, 0.3) is 0 Å². The first kappa shape index (κ1) is 20.4. The molecular formula is C21H26N4O2S. The third kappa shape index (κ3) is 4.54. The Morgan fingerprint density at radius 3 is 2.75 bits per heavy atom. The van der Waals surface area contributed by atoms with Crippen LogP contribution in [0.1, 0.15) is 24.6 Å². The number of carbonyl (C=O) groups excluding carboxylic acids is 1. The average Bonchev–Trinajstić information content (AvgIpc) is 3.04. The Bertz CT molecular complexity index is 956. The molecule has 0 saturated heterocycles. The fourth-order valence-corrected chi connectivity index (χ4v) is 3.95. The molecule has 1 atom stereocenters. The molecule has 0 fully saturated rings. The Hall–Kier alpha value is -2.38. The number of imidazole rings is 1. The molecule has 28 heavy (non-hydrogen) atoms. The highest BCUT2D eigenvalue weighted by Crippen LogP contribution is 2.32. The number of benzene rings is 1. The van der Waals surface area contributed by atoms with E-state index in [1.165, 1.54) is 11.8 Å². The second-order valence-corrected chi connectivity index (χ2v) is 8.04. The van der Waals surface area contributed by atoms with E-state index >= 15 is 0 Å². The van der Waals surface area contributed by atoms with Gasteiger partial charge in [-0.05, 0) is 38.8 Å². The molecule has 1 unspecified atom stereocenters.